The van der Waals surface area contributed by atoms with Crippen LogP contribution in [0.1, 0.15) is 0 Å². The molecule has 0 unspecified atom stereocenters. The molecule has 3 heteroatoms. The SMILES string of the molecule is c1ccc(-c2ccc(N(c3ccc(-c4ccc(-c5cccc6ccccc56)cc4)cc3)c3cccc(-c4cccc(-c5cccc6c5c5ccccc5n6-c5cccc6c5sc5ccccc56)c4)c3)cc2)cc1. The number of fused-ring (bicyclic) bond motifs is 7. The predicted molar refractivity (Wildman–Crippen MR) is 313 cm³/mol. The Kier molecular flexibility index (Phi) is 10.4. The van der Waals surface area contributed by atoms with Gasteiger partial charge in [-0.05, 0) is 133 Å². The van der Waals surface area contributed by atoms with Crippen LogP contribution in [0, 0.1) is 0 Å². The molecule has 73 heavy (non-hydrogen) atoms. The lowest BCUT2D eigenvalue weighted by Gasteiger charge is -2.26. The average molecular weight is 947 g/mol. The number of hydrogen-bond donors (Lipinski definition) is 0. The summed E-state index contributed by atoms with van der Waals surface area (Å²) < 4.78 is 5.10. The largest absolute Gasteiger partial charge is 0.310 e. The van der Waals surface area contributed by atoms with Crippen LogP contribution in [0.4, 0.5) is 17.1 Å². The van der Waals surface area contributed by atoms with Gasteiger partial charge in [0.1, 0.15) is 0 Å². The zero-order valence-corrected chi connectivity index (χ0v) is 40.7. The monoisotopic (exact) mass is 946 g/mol. The first kappa shape index (κ1) is 42.6. The van der Waals surface area contributed by atoms with Crippen LogP contribution in [0.15, 0.2) is 279 Å². The topological polar surface area (TPSA) is 8.17 Å². The van der Waals surface area contributed by atoms with Gasteiger partial charge in [0.05, 0.1) is 21.4 Å². The van der Waals surface area contributed by atoms with Gasteiger partial charge in [-0.1, -0.05) is 212 Å². The molecule has 0 amide bonds. The van der Waals surface area contributed by atoms with Crippen molar-refractivity contribution in [3.63, 3.8) is 0 Å². The number of nitrogens with zero attached hydrogens (tertiary/aromatic N) is 2. The van der Waals surface area contributed by atoms with E-state index in [2.05, 4.69) is 289 Å². The molecule has 0 aliphatic carbocycles. The van der Waals surface area contributed by atoms with E-state index in [9.17, 15) is 0 Å². The number of hydrogen-bond acceptors (Lipinski definition) is 2. The van der Waals surface area contributed by atoms with Crippen LogP contribution in [0.5, 0.6) is 0 Å². The third-order valence-electron chi connectivity index (χ3n) is 14.6. The molecule has 14 aromatic rings. The molecule has 0 saturated carbocycles. The molecule has 2 heterocycles. The van der Waals surface area contributed by atoms with Crippen molar-refractivity contribution in [3.05, 3.63) is 279 Å². The van der Waals surface area contributed by atoms with Crippen molar-refractivity contribution in [1.29, 1.82) is 0 Å². The van der Waals surface area contributed by atoms with Crippen LogP contribution in [0.3, 0.4) is 0 Å². The summed E-state index contributed by atoms with van der Waals surface area (Å²) in [4.78, 5) is 2.38. The Morgan fingerprint density at radius 2 is 0.795 bits per heavy atom. The minimum atomic E-state index is 1.09. The molecule has 0 N–H and O–H groups in total. The van der Waals surface area contributed by atoms with Gasteiger partial charge >= 0.3 is 0 Å². The fraction of sp³-hybridized carbons (Fsp3) is 0. The van der Waals surface area contributed by atoms with E-state index < -0.39 is 0 Å². The third kappa shape index (κ3) is 7.49. The number of benzene rings is 12. The van der Waals surface area contributed by atoms with Crippen LogP contribution in [0.2, 0.25) is 0 Å². The van der Waals surface area contributed by atoms with E-state index in [1.807, 2.05) is 11.3 Å². The Morgan fingerprint density at radius 1 is 0.288 bits per heavy atom. The molecule has 0 aliphatic rings. The summed E-state index contributed by atoms with van der Waals surface area (Å²) in [5, 5.41) is 7.64. The van der Waals surface area contributed by atoms with Crippen molar-refractivity contribution >= 4 is 81.1 Å². The number of anilines is 3. The zero-order valence-electron chi connectivity index (χ0n) is 39.9. The van der Waals surface area contributed by atoms with Crippen molar-refractivity contribution < 1.29 is 0 Å². The molecule has 2 aromatic heterocycles. The Labute approximate surface area is 428 Å². The highest BCUT2D eigenvalue weighted by atomic mass is 32.1. The van der Waals surface area contributed by atoms with Gasteiger partial charge in [-0.3, -0.25) is 0 Å². The maximum absolute atomic E-state index is 2.48. The van der Waals surface area contributed by atoms with Crippen LogP contribution >= 0.6 is 11.3 Å². The van der Waals surface area contributed by atoms with E-state index in [0.29, 0.717) is 0 Å². The van der Waals surface area contributed by atoms with Gasteiger partial charge in [-0.2, -0.15) is 0 Å². The molecule has 0 fully saturated rings. The molecule has 0 spiro atoms. The highest BCUT2D eigenvalue weighted by Crippen LogP contribution is 2.45. The van der Waals surface area contributed by atoms with Gasteiger partial charge in [-0.25, -0.2) is 0 Å². The van der Waals surface area contributed by atoms with E-state index in [1.165, 1.54) is 103 Å². The lowest BCUT2D eigenvalue weighted by Crippen LogP contribution is -2.10. The lowest BCUT2D eigenvalue weighted by molar-refractivity contribution is 1.20. The Balaban J connectivity index is 0.838. The van der Waals surface area contributed by atoms with Gasteiger partial charge in [0.2, 0.25) is 0 Å². The van der Waals surface area contributed by atoms with Crippen molar-refractivity contribution in [1.82, 2.24) is 4.57 Å². The molecule has 0 saturated heterocycles. The molecule has 0 bridgehead atoms. The van der Waals surface area contributed by atoms with Gasteiger partial charge < -0.3 is 9.47 Å². The maximum atomic E-state index is 2.48. The second-order valence-corrected chi connectivity index (χ2v) is 19.9. The molecule has 0 aliphatic heterocycles. The van der Waals surface area contributed by atoms with Crippen LogP contribution in [-0.4, -0.2) is 4.57 Å². The minimum absolute atomic E-state index is 1.09. The second-order valence-electron chi connectivity index (χ2n) is 18.8. The summed E-state index contributed by atoms with van der Waals surface area (Å²) in [5.41, 5.74) is 18.8. The summed E-state index contributed by atoms with van der Waals surface area (Å²) in [7, 11) is 0. The van der Waals surface area contributed by atoms with Crippen LogP contribution in [-0.2, 0) is 0 Å². The van der Waals surface area contributed by atoms with Gasteiger partial charge in [0, 0.05) is 43.3 Å². The van der Waals surface area contributed by atoms with Gasteiger partial charge in [-0.15, -0.1) is 11.3 Å². The summed E-state index contributed by atoms with van der Waals surface area (Å²) in [6.45, 7) is 0. The maximum Gasteiger partial charge on any atom is 0.0640 e. The van der Waals surface area contributed by atoms with Crippen molar-refractivity contribution in [3.8, 4) is 61.3 Å². The Morgan fingerprint density at radius 3 is 1.58 bits per heavy atom. The number of para-hydroxylation sites is 1. The van der Waals surface area contributed by atoms with E-state index in [0.717, 1.165) is 28.2 Å². The molecule has 12 aromatic carbocycles. The van der Waals surface area contributed by atoms with E-state index in [4.69, 9.17) is 0 Å². The normalized spacial score (nSPS) is 11.6. The zero-order chi connectivity index (χ0) is 48.2. The predicted octanol–water partition coefficient (Wildman–Crippen LogP) is 20.1. The Bertz CT molecular complexity index is 4350. The first-order chi connectivity index (χ1) is 36.2. The van der Waals surface area contributed by atoms with Crippen molar-refractivity contribution in [2.75, 3.05) is 4.90 Å². The van der Waals surface area contributed by atoms with E-state index >= 15 is 0 Å². The summed E-state index contributed by atoms with van der Waals surface area (Å²) in [6, 6.07) is 102. The molecular weight excluding hydrogens is 901 g/mol. The van der Waals surface area contributed by atoms with Crippen LogP contribution < -0.4 is 4.90 Å². The van der Waals surface area contributed by atoms with E-state index in [1.54, 1.807) is 0 Å². The van der Waals surface area contributed by atoms with Gasteiger partial charge in [0.15, 0.2) is 0 Å². The lowest BCUT2D eigenvalue weighted by atomic mass is 9.95. The highest BCUT2D eigenvalue weighted by molar-refractivity contribution is 7.26. The Hall–Kier alpha value is -9.28. The number of rotatable bonds is 9. The summed E-state index contributed by atoms with van der Waals surface area (Å²) in [5.74, 6) is 0. The molecule has 2 nitrogen and oxygen atoms in total. The molecule has 0 atom stereocenters. The molecule has 14 rings (SSSR count). The quantitative estimate of drug-likeness (QED) is 0.140. The third-order valence-corrected chi connectivity index (χ3v) is 15.8. The average Bonchev–Trinajstić information content (AvgIpc) is 4.02. The number of aromatic nitrogens is 1. The fourth-order valence-corrected chi connectivity index (χ4v) is 12.3. The van der Waals surface area contributed by atoms with Crippen LogP contribution in [0.25, 0.3) is 114 Å². The standard InChI is InChI=1S/C70H46N2S/c1-2-15-47(16-3-1)49-37-41-56(42-38-49)71(57-43-39-50(40-44-57)48-33-35-52(36-34-48)60-26-12-18-51-17-4-5-23-59(51)60)58-22-11-20-54(46-58)53-19-10-21-55(45-53)61-27-13-30-66-69(61)64-25-6-8-29-65(64)72(66)67-31-14-28-63-62-24-7-9-32-68(62)73-70(63)67/h1-46H. The smallest absolute Gasteiger partial charge is 0.0640 e. The minimum Gasteiger partial charge on any atom is -0.310 e. The van der Waals surface area contributed by atoms with Crippen molar-refractivity contribution in [2.24, 2.45) is 0 Å². The first-order valence-corrected chi connectivity index (χ1v) is 25.8. The molecule has 342 valence electrons. The van der Waals surface area contributed by atoms with Crippen molar-refractivity contribution in [2.45, 2.75) is 0 Å². The summed E-state index contributed by atoms with van der Waals surface area (Å²) >= 11 is 1.88. The van der Waals surface area contributed by atoms with Gasteiger partial charge in [0.25, 0.3) is 0 Å². The molecular formula is C70H46N2S. The molecule has 0 radical (unpaired) electrons. The first-order valence-electron chi connectivity index (χ1n) is 25.0. The fourth-order valence-electron chi connectivity index (χ4n) is 11.1. The highest BCUT2D eigenvalue weighted by Gasteiger charge is 2.20. The second kappa shape index (κ2) is 17.8. The number of thiophene rings is 1. The summed E-state index contributed by atoms with van der Waals surface area (Å²) in [6.07, 6.45) is 0. The van der Waals surface area contributed by atoms with E-state index in [-0.39, 0.29) is 0 Å².